The summed E-state index contributed by atoms with van der Waals surface area (Å²) in [5.41, 5.74) is 0. The highest BCUT2D eigenvalue weighted by Gasteiger charge is 2.28. The molecule has 1 aliphatic rings. The molecule has 0 saturated heterocycles. The second kappa shape index (κ2) is 6.21. The van der Waals surface area contributed by atoms with Gasteiger partial charge in [-0.1, -0.05) is 46.0 Å². The molecule has 1 fully saturated rings. The first kappa shape index (κ1) is 11.7. The van der Waals surface area contributed by atoms with Crippen molar-refractivity contribution in [2.75, 3.05) is 0 Å². The zero-order valence-electron chi connectivity index (χ0n) is 9.72. The number of Topliss-reactive ketones (excluding diaryl/α,β-unsaturated/α-hetero) is 1. The predicted octanol–water partition coefficient (Wildman–Crippen LogP) is 3.96. The minimum atomic E-state index is 0.423. The average molecular weight is 196 g/mol. The van der Waals surface area contributed by atoms with Gasteiger partial charge in [0.1, 0.15) is 5.78 Å². The lowest BCUT2D eigenvalue weighted by Crippen LogP contribution is -2.05. The Hall–Kier alpha value is -0.330. The van der Waals surface area contributed by atoms with Crippen LogP contribution in [0.5, 0.6) is 0 Å². The van der Waals surface area contributed by atoms with Crippen molar-refractivity contribution < 1.29 is 4.79 Å². The molecule has 0 amide bonds. The maximum atomic E-state index is 11.5. The van der Waals surface area contributed by atoms with Crippen molar-refractivity contribution in [1.82, 2.24) is 0 Å². The van der Waals surface area contributed by atoms with Gasteiger partial charge < -0.3 is 0 Å². The fourth-order valence-electron chi connectivity index (χ4n) is 2.48. The van der Waals surface area contributed by atoms with Crippen LogP contribution >= 0.6 is 0 Å². The van der Waals surface area contributed by atoms with Crippen LogP contribution in [0.1, 0.15) is 65.2 Å². The molecule has 82 valence electrons. The Labute approximate surface area is 88.3 Å². The number of unbranched alkanes of at least 4 members (excludes halogenated alkanes) is 4. The molecule has 1 rings (SSSR count). The summed E-state index contributed by atoms with van der Waals surface area (Å²) in [6.45, 7) is 4.44. The van der Waals surface area contributed by atoms with E-state index in [1.807, 2.05) is 0 Å². The van der Waals surface area contributed by atoms with Gasteiger partial charge in [0, 0.05) is 12.3 Å². The molecule has 1 saturated carbocycles. The van der Waals surface area contributed by atoms with Crippen molar-refractivity contribution in [3.8, 4) is 0 Å². The van der Waals surface area contributed by atoms with Crippen molar-refractivity contribution in [2.45, 2.75) is 65.2 Å². The lowest BCUT2D eigenvalue weighted by Gasteiger charge is -2.07. The molecule has 0 heterocycles. The molecule has 14 heavy (non-hydrogen) atoms. The van der Waals surface area contributed by atoms with Gasteiger partial charge in [-0.3, -0.25) is 4.79 Å². The van der Waals surface area contributed by atoms with Crippen molar-refractivity contribution in [3.05, 3.63) is 0 Å². The molecule has 1 nitrogen and oxygen atoms in total. The second-order valence-electron chi connectivity index (χ2n) is 4.91. The van der Waals surface area contributed by atoms with E-state index in [1.165, 1.54) is 32.1 Å². The molecule has 1 heteroatoms. The Balaban J connectivity index is 2.04. The van der Waals surface area contributed by atoms with Gasteiger partial charge in [0.25, 0.3) is 0 Å². The smallest absolute Gasteiger partial charge is 0.136 e. The second-order valence-corrected chi connectivity index (χ2v) is 4.91. The topological polar surface area (TPSA) is 17.1 Å². The van der Waals surface area contributed by atoms with Gasteiger partial charge in [-0.15, -0.1) is 0 Å². The van der Waals surface area contributed by atoms with Gasteiger partial charge in [-0.05, 0) is 18.8 Å². The zero-order chi connectivity index (χ0) is 10.4. The SMILES string of the molecule is CCCCCCCC1CC(C)CC1=O. The summed E-state index contributed by atoms with van der Waals surface area (Å²) in [5, 5.41) is 0. The third kappa shape index (κ3) is 3.81. The van der Waals surface area contributed by atoms with E-state index < -0.39 is 0 Å². The number of ketones is 1. The number of rotatable bonds is 6. The molecule has 0 radical (unpaired) electrons. The van der Waals surface area contributed by atoms with E-state index in [-0.39, 0.29) is 0 Å². The largest absolute Gasteiger partial charge is 0.299 e. The summed E-state index contributed by atoms with van der Waals surface area (Å²) in [7, 11) is 0. The standard InChI is InChI=1S/C13H24O/c1-3-4-5-6-7-8-12-9-11(2)10-13(12)14/h11-12H,3-10H2,1-2H3. The van der Waals surface area contributed by atoms with E-state index in [0.29, 0.717) is 17.6 Å². The highest BCUT2D eigenvalue weighted by atomic mass is 16.1. The molecular weight excluding hydrogens is 172 g/mol. The number of hydrogen-bond acceptors (Lipinski definition) is 1. The van der Waals surface area contributed by atoms with Crippen LogP contribution in [0.2, 0.25) is 0 Å². The van der Waals surface area contributed by atoms with E-state index in [2.05, 4.69) is 13.8 Å². The summed E-state index contributed by atoms with van der Waals surface area (Å²) in [6, 6.07) is 0. The van der Waals surface area contributed by atoms with Crippen LogP contribution in [0.4, 0.5) is 0 Å². The number of hydrogen-bond donors (Lipinski definition) is 0. The van der Waals surface area contributed by atoms with Crippen LogP contribution in [-0.2, 0) is 4.79 Å². The minimum Gasteiger partial charge on any atom is -0.299 e. The lowest BCUT2D eigenvalue weighted by atomic mass is 9.97. The summed E-state index contributed by atoms with van der Waals surface area (Å²) < 4.78 is 0. The van der Waals surface area contributed by atoms with Gasteiger partial charge in [0.05, 0.1) is 0 Å². The van der Waals surface area contributed by atoms with Crippen LogP contribution in [-0.4, -0.2) is 5.78 Å². The molecule has 0 aromatic heterocycles. The van der Waals surface area contributed by atoms with E-state index >= 15 is 0 Å². The molecule has 1 aliphatic carbocycles. The van der Waals surface area contributed by atoms with Crippen molar-refractivity contribution in [2.24, 2.45) is 11.8 Å². The Morgan fingerprint density at radius 3 is 2.50 bits per heavy atom. The quantitative estimate of drug-likeness (QED) is 0.588. The van der Waals surface area contributed by atoms with Gasteiger partial charge in [-0.2, -0.15) is 0 Å². The van der Waals surface area contributed by atoms with E-state index in [9.17, 15) is 4.79 Å². The Morgan fingerprint density at radius 2 is 1.93 bits per heavy atom. The summed E-state index contributed by atoms with van der Waals surface area (Å²) >= 11 is 0. The normalized spacial score (nSPS) is 27.1. The fourth-order valence-corrected chi connectivity index (χ4v) is 2.48. The van der Waals surface area contributed by atoms with Crippen LogP contribution < -0.4 is 0 Å². The van der Waals surface area contributed by atoms with Gasteiger partial charge in [0.15, 0.2) is 0 Å². The maximum absolute atomic E-state index is 11.5. The summed E-state index contributed by atoms with van der Waals surface area (Å²) in [6.07, 6.45) is 9.77. The van der Waals surface area contributed by atoms with Crippen molar-refractivity contribution >= 4 is 5.78 Å². The molecular formula is C13H24O. The molecule has 2 unspecified atom stereocenters. The van der Waals surface area contributed by atoms with Crippen LogP contribution in [0.25, 0.3) is 0 Å². The van der Waals surface area contributed by atoms with Gasteiger partial charge >= 0.3 is 0 Å². The molecule has 0 aromatic rings. The highest BCUT2D eigenvalue weighted by Crippen LogP contribution is 2.30. The van der Waals surface area contributed by atoms with Gasteiger partial charge in [0.2, 0.25) is 0 Å². The predicted molar refractivity (Wildman–Crippen MR) is 60.3 cm³/mol. The first-order valence-electron chi connectivity index (χ1n) is 6.26. The fraction of sp³-hybridized carbons (Fsp3) is 0.923. The van der Waals surface area contributed by atoms with Crippen molar-refractivity contribution in [3.63, 3.8) is 0 Å². The molecule has 2 atom stereocenters. The van der Waals surface area contributed by atoms with Crippen molar-refractivity contribution in [1.29, 1.82) is 0 Å². The van der Waals surface area contributed by atoms with Gasteiger partial charge in [-0.25, -0.2) is 0 Å². The molecule has 0 aliphatic heterocycles. The number of carbonyl (C=O) groups is 1. The molecule has 0 aromatic carbocycles. The summed E-state index contributed by atoms with van der Waals surface area (Å²) in [4.78, 5) is 11.5. The Bertz CT molecular complexity index is 174. The third-order valence-electron chi connectivity index (χ3n) is 3.35. The van der Waals surface area contributed by atoms with Crippen LogP contribution in [0.3, 0.4) is 0 Å². The Kier molecular flexibility index (Phi) is 5.21. The van der Waals surface area contributed by atoms with E-state index in [0.717, 1.165) is 19.3 Å². The average Bonchev–Trinajstić information content (AvgIpc) is 2.45. The third-order valence-corrected chi connectivity index (χ3v) is 3.35. The van der Waals surface area contributed by atoms with Crippen LogP contribution in [0.15, 0.2) is 0 Å². The van der Waals surface area contributed by atoms with E-state index in [4.69, 9.17) is 0 Å². The molecule has 0 bridgehead atoms. The maximum Gasteiger partial charge on any atom is 0.136 e. The zero-order valence-corrected chi connectivity index (χ0v) is 9.72. The first-order valence-corrected chi connectivity index (χ1v) is 6.26. The number of carbonyl (C=O) groups excluding carboxylic acids is 1. The van der Waals surface area contributed by atoms with Crippen LogP contribution in [0, 0.1) is 11.8 Å². The Morgan fingerprint density at radius 1 is 1.21 bits per heavy atom. The first-order chi connectivity index (χ1) is 6.74. The minimum absolute atomic E-state index is 0.423. The molecule has 0 spiro atoms. The molecule has 0 N–H and O–H groups in total. The monoisotopic (exact) mass is 196 g/mol. The summed E-state index contributed by atoms with van der Waals surface area (Å²) in [5.74, 6) is 1.61. The van der Waals surface area contributed by atoms with E-state index in [1.54, 1.807) is 0 Å². The highest BCUT2D eigenvalue weighted by molar-refractivity contribution is 5.83. The lowest BCUT2D eigenvalue weighted by molar-refractivity contribution is -0.120.